The number of carbonyl (C=O) groups is 1. The van der Waals surface area contributed by atoms with E-state index in [0.29, 0.717) is 18.2 Å². The zero-order valence-corrected chi connectivity index (χ0v) is 16.4. The number of amides is 1. The van der Waals surface area contributed by atoms with E-state index in [1.54, 1.807) is 0 Å². The summed E-state index contributed by atoms with van der Waals surface area (Å²) >= 11 is 0. The van der Waals surface area contributed by atoms with Crippen LogP contribution in [0, 0.1) is 0 Å². The van der Waals surface area contributed by atoms with E-state index in [2.05, 4.69) is 55.6 Å². The Hall–Kier alpha value is -3.07. The number of hydrogen-bond acceptors (Lipinski definition) is 2. The largest absolute Gasteiger partial charge is 0.451 e. The molecule has 0 aliphatic rings. The fourth-order valence-corrected chi connectivity index (χ4v) is 3.56. The molecule has 3 nitrogen and oxygen atoms in total. The van der Waals surface area contributed by atoms with Crippen molar-refractivity contribution in [3.63, 3.8) is 0 Å². The van der Waals surface area contributed by atoms with Crippen LogP contribution >= 0.6 is 0 Å². The number of aryl methyl sites for hydroxylation is 1. The fraction of sp³-hybridized carbons (Fsp3) is 0.240. The molecule has 0 unspecified atom stereocenters. The zero-order valence-electron chi connectivity index (χ0n) is 16.4. The van der Waals surface area contributed by atoms with E-state index in [1.165, 1.54) is 11.1 Å². The van der Waals surface area contributed by atoms with E-state index >= 15 is 0 Å². The summed E-state index contributed by atoms with van der Waals surface area (Å²) in [5, 5.41) is 6.20. The molecule has 0 atom stereocenters. The average Bonchev–Trinajstić information content (AvgIpc) is 3.16. The van der Waals surface area contributed by atoms with Gasteiger partial charge < -0.3 is 9.73 Å². The SMILES string of the molecule is CC(C)c1ccc(CCCNC(=O)c2cc3c(ccc4ccccc43)o2)cc1. The molecule has 1 N–H and O–H groups in total. The van der Waals surface area contributed by atoms with E-state index in [9.17, 15) is 4.79 Å². The third-order valence-electron chi connectivity index (χ3n) is 5.22. The first kappa shape index (κ1) is 18.3. The Morgan fingerprint density at radius 3 is 2.54 bits per heavy atom. The lowest BCUT2D eigenvalue weighted by molar-refractivity contribution is 0.0927. The number of hydrogen-bond donors (Lipinski definition) is 1. The molecule has 0 fully saturated rings. The number of furan rings is 1. The second-order valence-corrected chi connectivity index (χ2v) is 7.56. The van der Waals surface area contributed by atoms with E-state index in [1.807, 2.05) is 30.3 Å². The highest BCUT2D eigenvalue weighted by Crippen LogP contribution is 2.28. The van der Waals surface area contributed by atoms with Crippen LogP contribution in [-0.2, 0) is 6.42 Å². The maximum atomic E-state index is 12.5. The summed E-state index contributed by atoms with van der Waals surface area (Å²) in [5.74, 6) is 0.761. The minimum atomic E-state index is -0.157. The Bertz CT molecular complexity index is 1110. The van der Waals surface area contributed by atoms with Crippen molar-refractivity contribution >= 4 is 27.6 Å². The van der Waals surface area contributed by atoms with Crippen LogP contribution in [0.3, 0.4) is 0 Å². The topological polar surface area (TPSA) is 42.2 Å². The van der Waals surface area contributed by atoms with Crippen molar-refractivity contribution in [2.75, 3.05) is 6.54 Å². The molecule has 0 saturated heterocycles. The maximum absolute atomic E-state index is 12.5. The van der Waals surface area contributed by atoms with Crippen LogP contribution in [0.2, 0.25) is 0 Å². The normalized spacial score (nSPS) is 11.4. The highest BCUT2D eigenvalue weighted by molar-refractivity contribution is 6.08. The molecular formula is C25H25NO2. The smallest absolute Gasteiger partial charge is 0.287 e. The predicted octanol–water partition coefficient (Wildman–Crippen LogP) is 6.07. The molecule has 3 heteroatoms. The van der Waals surface area contributed by atoms with Gasteiger partial charge in [-0.3, -0.25) is 4.79 Å². The first-order chi connectivity index (χ1) is 13.6. The molecule has 0 saturated carbocycles. The van der Waals surface area contributed by atoms with Crippen molar-refractivity contribution in [2.45, 2.75) is 32.6 Å². The number of carbonyl (C=O) groups excluding carboxylic acids is 1. The third-order valence-corrected chi connectivity index (χ3v) is 5.22. The van der Waals surface area contributed by atoms with Crippen LogP contribution in [-0.4, -0.2) is 12.5 Å². The number of benzene rings is 3. The van der Waals surface area contributed by atoms with E-state index in [-0.39, 0.29) is 5.91 Å². The molecule has 0 aliphatic carbocycles. The van der Waals surface area contributed by atoms with Crippen LogP contribution in [0.25, 0.3) is 21.7 Å². The molecule has 0 spiro atoms. The Morgan fingerprint density at radius 1 is 0.964 bits per heavy atom. The summed E-state index contributed by atoms with van der Waals surface area (Å²) in [6.45, 7) is 5.03. The van der Waals surface area contributed by atoms with Gasteiger partial charge in [0.25, 0.3) is 5.91 Å². The molecule has 1 aromatic heterocycles. The highest BCUT2D eigenvalue weighted by Gasteiger charge is 2.13. The standard InChI is InChI=1S/C25H25NO2/c1-17(2)19-11-9-18(10-12-19)6-5-15-26-25(27)24-16-22-21-8-4-3-7-20(21)13-14-23(22)28-24/h3-4,7-14,16-17H,5-6,15H2,1-2H3,(H,26,27). The fourth-order valence-electron chi connectivity index (χ4n) is 3.56. The van der Waals surface area contributed by atoms with Crippen molar-refractivity contribution in [1.29, 1.82) is 0 Å². The molecule has 0 aliphatic heterocycles. The minimum absolute atomic E-state index is 0.157. The van der Waals surface area contributed by atoms with Crippen LogP contribution < -0.4 is 5.32 Å². The van der Waals surface area contributed by atoms with Crippen molar-refractivity contribution in [1.82, 2.24) is 5.32 Å². The Kier molecular flexibility index (Phi) is 5.16. The third kappa shape index (κ3) is 3.79. The lowest BCUT2D eigenvalue weighted by Crippen LogP contribution is -2.24. The Labute approximate surface area is 165 Å². The van der Waals surface area contributed by atoms with Crippen molar-refractivity contribution in [3.05, 3.63) is 83.6 Å². The quantitative estimate of drug-likeness (QED) is 0.418. The number of fused-ring (bicyclic) bond motifs is 3. The molecule has 0 bridgehead atoms. The van der Waals surface area contributed by atoms with Gasteiger partial charge in [0.1, 0.15) is 5.58 Å². The molecule has 28 heavy (non-hydrogen) atoms. The molecule has 142 valence electrons. The van der Waals surface area contributed by atoms with Crippen LogP contribution in [0.4, 0.5) is 0 Å². The summed E-state index contributed by atoms with van der Waals surface area (Å²) < 4.78 is 5.78. The molecule has 1 amide bonds. The Balaban J connectivity index is 1.36. The van der Waals surface area contributed by atoms with E-state index in [4.69, 9.17) is 4.42 Å². The van der Waals surface area contributed by atoms with Gasteiger partial charge in [-0.05, 0) is 52.8 Å². The lowest BCUT2D eigenvalue weighted by Gasteiger charge is -2.07. The summed E-state index contributed by atoms with van der Waals surface area (Å²) in [6, 6.07) is 22.7. The van der Waals surface area contributed by atoms with Gasteiger partial charge in [0.2, 0.25) is 0 Å². The molecule has 4 aromatic rings. The second-order valence-electron chi connectivity index (χ2n) is 7.56. The van der Waals surface area contributed by atoms with Gasteiger partial charge in [0.05, 0.1) is 0 Å². The molecule has 3 aromatic carbocycles. The van der Waals surface area contributed by atoms with E-state index < -0.39 is 0 Å². The molecule has 1 heterocycles. The second kappa shape index (κ2) is 7.89. The Morgan fingerprint density at radius 2 is 1.75 bits per heavy atom. The van der Waals surface area contributed by atoms with Crippen LogP contribution in [0.5, 0.6) is 0 Å². The first-order valence-corrected chi connectivity index (χ1v) is 9.90. The van der Waals surface area contributed by atoms with Gasteiger partial charge in [0.15, 0.2) is 5.76 Å². The maximum Gasteiger partial charge on any atom is 0.287 e. The number of rotatable bonds is 6. The van der Waals surface area contributed by atoms with Crippen LogP contribution in [0.15, 0.2) is 71.1 Å². The van der Waals surface area contributed by atoms with E-state index in [0.717, 1.165) is 34.6 Å². The summed E-state index contributed by atoms with van der Waals surface area (Å²) in [4.78, 5) is 12.5. The van der Waals surface area contributed by atoms with Crippen molar-refractivity contribution in [2.24, 2.45) is 0 Å². The number of nitrogens with one attached hydrogen (secondary N) is 1. The highest BCUT2D eigenvalue weighted by atomic mass is 16.3. The van der Waals surface area contributed by atoms with Crippen molar-refractivity contribution < 1.29 is 9.21 Å². The monoisotopic (exact) mass is 371 g/mol. The van der Waals surface area contributed by atoms with Gasteiger partial charge >= 0.3 is 0 Å². The zero-order chi connectivity index (χ0) is 19.5. The first-order valence-electron chi connectivity index (χ1n) is 9.90. The summed E-state index contributed by atoms with van der Waals surface area (Å²) in [6.07, 6.45) is 1.85. The summed E-state index contributed by atoms with van der Waals surface area (Å²) in [5.41, 5.74) is 3.40. The van der Waals surface area contributed by atoms with Crippen molar-refractivity contribution in [3.8, 4) is 0 Å². The van der Waals surface area contributed by atoms with Gasteiger partial charge in [0, 0.05) is 11.9 Å². The molecular weight excluding hydrogens is 346 g/mol. The van der Waals surface area contributed by atoms with Gasteiger partial charge in [-0.2, -0.15) is 0 Å². The summed E-state index contributed by atoms with van der Waals surface area (Å²) in [7, 11) is 0. The average molecular weight is 371 g/mol. The van der Waals surface area contributed by atoms with Crippen LogP contribution in [0.1, 0.15) is 47.9 Å². The molecule has 4 rings (SSSR count). The molecule has 0 radical (unpaired) electrons. The minimum Gasteiger partial charge on any atom is -0.451 e. The van der Waals surface area contributed by atoms with Gasteiger partial charge in [-0.15, -0.1) is 0 Å². The lowest BCUT2D eigenvalue weighted by atomic mass is 10.0. The van der Waals surface area contributed by atoms with Gasteiger partial charge in [-0.1, -0.05) is 68.4 Å². The predicted molar refractivity (Wildman–Crippen MR) is 115 cm³/mol. The van der Waals surface area contributed by atoms with Gasteiger partial charge in [-0.25, -0.2) is 0 Å².